The molecule has 0 atom stereocenters. The van der Waals surface area contributed by atoms with E-state index in [1.807, 2.05) is 0 Å². The molecule has 0 spiro atoms. The molecule has 0 radical (unpaired) electrons. The van der Waals surface area contributed by atoms with Crippen molar-refractivity contribution in [3.63, 3.8) is 0 Å². The summed E-state index contributed by atoms with van der Waals surface area (Å²) in [5.41, 5.74) is 5.95. The number of carbonyl (C=O) groups is 1. The fourth-order valence-electron chi connectivity index (χ4n) is 2.07. The van der Waals surface area contributed by atoms with Gasteiger partial charge in [-0.15, -0.1) is 0 Å². The molecule has 1 fully saturated rings. The Morgan fingerprint density at radius 2 is 2.06 bits per heavy atom. The van der Waals surface area contributed by atoms with Crippen molar-refractivity contribution in [2.24, 2.45) is 0 Å². The van der Waals surface area contributed by atoms with Crippen molar-refractivity contribution in [3.8, 4) is 0 Å². The van der Waals surface area contributed by atoms with Gasteiger partial charge in [-0.3, -0.25) is 4.79 Å². The summed E-state index contributed by atoms with van der Waals surface area (Å²) in [6.45, 7) is 2.87. The standard InChI is InChI=1S/C13H17ClN2O2/c1-13(18)4-6-16(7-5-13)12(17)10-8-9(15)2-3-11(10)14/h2-3,8,18H,4-7,15H2,1H3. The van der Waals surface area contributed by atoms with Crippen LogP contribution in [0.4, 0.5) is 5.69 Å². The summed E-state index contributed by atoms with van der Waals surface area (Å²) in [5, 5.41) is 10.3. The molecule has 1 aliphatic rings. The first-order chi connectivity index (χ1) is 8.39. The van der Waals surface area contributed by atoms with E-state index in [-0.39, 0.29) is 5.91 Å². The number of aliphatic hydroxyl groups is 1. The molecule has 1 aromatic carbocycles. The molecule has 1 heterocycles. The van der Waals surface area contributed by atoms with Gasteiger partial charge in [-0.25, -0.2) is 0 Å². The van der Waals surface area contributed by atoms with E-state index in [0.717, 1.165) is 0 Å². The maximum Gasteiger partial charge on any atom is 0.255 e. The van der Waals surface area contributed by atoms with Crippen molar-refractivity contribution < 1.29 is 9.90 Å². The summed E-state index contributed by atoms with van der Waals surface area (Å²) in [6.07, 6.45) is 1.16. The van der Waals surface area contributed by atoms with Gasteiger partial charge in [0.05, 0.1) is 16.2 Å². The van der Waals surface area contributed by atoms with Gasteiger partial charge < -0.3 is 15.7 Å². The Labute approximate surface area is 111 Å². The minimum absolute atomic E-state index is 0.122. The monoisotopic (exact) mass is 268 g/mol. The summed E-state index contributed by atoms with van der Waals surface area (Å²) >= 11 is 6.01. The van der Waals surface area contributed by atoms with E-state index in [9.17, 15) is 9.90 Å². The van der Waals surface area contributed by atoms with Gasteiger partial charge in [0.15, 0.2) is 0 Å². The number of amides is 1. The smallest absolute Gasteiger partial charge is 0.255 e. The fourth-order valence-corrected chi connectivity index (χ4v) is 2.27. The zero-order valence-corrected chi connectivity index (χ0v) is 11.1. The van der Waals surface area contributed by atoms with Crippen LogP contribution in [0.1, 0.15) is 30.1 Å². The molecule has 0 aromatic heterocycles. The van der Waals surface area contributed by atoms with Crippen LogP contribution in [0, 0.1) is 0 Å². The average Bonchev–Trinajstić information content (AvgIpc) is 2.31. The Hall–Kier alpha value is -1.26. The molecular formula is C13H17ClN2O2. The lowest BCUT2D eigenvalue weighted by Crippen LogP contribution is -2.45. The number of halogens is 1. The lowest BCUT2D eigenvalue weighted by Gasteiger charge is -2.35. The largest absolute Gasteiger partial charge is 0.399 e. The van der Waals surface area contributed by atoms with E-state index in [0.29, 0.717) is 42.2 Å². The maximum absolute atomic E-state index is 12.3. The van der Waals surface area contributed by atoms with Crippen LogP contribution in [0.5, 0.6) is 0 Å². The summed E-state index contributed by atoms with van der Waals surface area (Å²) in [5.74, 6) is -0.122. The third-order valence-electron chi connectivity index (χ3n) is 3.35. The highest BCUT2D eigenvalue weighted by molar-refractivity contribution is 6.34. The Morgan fingerprint density at radius 1 is 1.44 bits per heavy atom. The SMILES string of the molecule is CC1(O)CCN(C(=O)c2cc(N)ccc2Cl)CC1. The zero-order chi connectivity index (χ0) is 13.3. The Kier molecular flexibility index (Phi) is 3.50. The maximum atomic E-state index is 12.3. The minimum Gasteiger partial charge on any atom is -0.399 e. The van der Waals surface area contributed by atoms with E-state index >= 15 is 0 Å². The van der Waals surface area contributed by atoms with Gasteiger partial charge in [0.2, 0.25) is 0 Å². The molecule has 3 N–H and O–H groups in total. The number of rotatable bonds is 1. The molecule has 98 valence electrons. The Balaban J connectivity index is 2.15. The number of benzene rings is 1. The molecule has 0 saturated carbocycles. The molecule has 0 aliphatic carbocycles. The average molecular weight is 269 g/mol. The summed E-state index contributed by atoms with van der Waals surface area (Å²) in [4.78, 5) is 14.0. The highest BCUT2D eigenvalue weighted by Crippen LogP contribution is 2.25. The summed E-state index contributed by atoms with van der Waals surface area (Å²) < 4.78 is 0. The number of likely N-dealkylation sites (tertiary alicyclic amines) is 1. The van der Waals surface area contributed by atoms with Crippen molar-refractivity contribution >= 4 is 23.2 Å². The van der Waals surface area contributed by atoms with E-state index in [4.69, 9.17) is 17.3 Å². The molecule has 4 nitrogen and oxygen atoms in total. The normalized spacial score (nSPS) is 18.7. The van der Waals surface area contributed by atoms with E-state index in [1.54, 1.807) is 30.0 Å². The first-order valence-corrected chi connectivity index (χ1v) is 6.33. The molecule has 1 aromatic rings. The van der Waals surface area contributed by atoms with Crippen molar-refractivity contribution in [2.75, 3.05) is 18.8 Å². The highest BCUT2D eigenvalue weighted by atomic mass is 35.5. The van der Waals surface area contributed by atoms with E-state index in [1.165, 1.54) is 0 Å². The number of nitrogen functional groups attached to an aromatic ring is 1. The minimum atomic E-state index is -0.670. The Morgan fingerprint density at radius 3 is 2.67 bits per heavy atom. The molecule has 5 heteroatoms. The van der Waals surface area contributed by atoms with Crippen LogP contribution in [0.15, 0.2) is 18.2 Å². The molecule has 0 bridgehead atoms. The number of hydrogen-bond donors (Lipinski definition) is 2. The van der Waals surface area contributed by atoms with Crippen LogP contribution >= 0.6 is 11.6 Å². The second-order valence-corrected chi connectivity index (χ2v) is 5.44. The van der Waals surface area contributed by atoms with Crippen LogP contribution < -0.4 is 5.73 Å². The van der Waals surface area contributed by atoms with Gasteiger partial charge in [0.25, 0.3) is 5.91 Å². The first kappa shape index (κ1) is 13.2. The van der Waals surface area contributed by atoms with Crippen molar-refractivity contribution in [2.45, 2.75) is 25.4 Å². The molecule has 1 saturated heterocycles. The topological polar surface area (TPSA) is 66.6 Å². The molecule has 18 heavy (non-hydrogen) atoms. The summed E-state index contributed by atoms with van der Waals surface area (Å²) in [6, 6.07) is 4.89. The van der Waals surface area contributed by atoms with Gasteiger partial charge in [-0.1, -0.05) is 11.6 Å². The zero-order valence-electron chi connectivity index (χ0n) is 10.3. The molecule has 1 amide bonds. The van der Waals surface area contributed by atoms with Gasteiger partial charge in [-0.05, 0) is 38.0 Å². The Bertz CT molecular complexity index is 464. The highest BCUT2D eigenvalue weighted by Gasteiger charge is 2.30. The number of nitrogens with two attached hydrogens (primary N) is 1. The van der Waals surface area contributed by atoms with E-state index in [2.05, 4.69) is 0 Å². The van der Waals surface area contributed by atoms with Gasteiger partial charge >= 0.3 is 0 Å². The van der Waals surface area contributed by atoms with Crippen LogP contribution in [-0.4, -0.2) is 34.6 Å². The second-order valence-electron chi connectivity index (χ2n) is 5.03. The second kappa shape index (κ2) is 4.78. The lowest BCUT2D eigenvalue weighted by atomic mass is 9.93. The van der Waals surface area contributed by atoms with Crippen molar-refractivity contribution in [1.82, 2.24) is 4.90 Å². The van der Waals surface area contributed by atoms with Crippen LogP contribution in [0.2, 0.25) is 5.02 Å². The van der Waals surface area contributed by atoms with Crippen LogP contribution in [0.3, 0.4) is 0 Å². The summed E-state index contributed by atoms with van der Waals surface area (Å²) in [7, 11) is 0. The number of hydrogen-bond acceptors (Lipinski definition) is 3. The third kappa shape index (κ3) is 2.76. The molecule has 0 unspecified atom stereocenters. The molecule has 2 rings (SSSR count). The number of carbonyl (C=O) groups excluding carboxylic acids is 1. The van der Waals surface area contributed by atoms with Gasteiger partial charge in [-0.2, -0.15) is 0 Å². The van der Waals surface area contributed by atoms with Crippen LogP contribution in [0.25, 0.3) is 0 Å². The predicted octanol–water partition coefficient (Wildman–Crippen LogP) is 1.91. The number of anilines is 1. The number of nitrogens with zero attached hydrogens (tertiary/aromatic N) is 1. The van der Waals surface area contributed by atoms with Crippen molar-refractivity contribution in [3.05, 3.63) is 28.8 Å². The number of piperidine rings is 1. The van der Waals surface area contributed by atoms with Gasteiger partial charge in [0.1, 0.15) is 0 Å². The van der Waals surface area contributed by atoms with Crippen LogP contribution in [-0.2, 0) is 0 Å². The third-order valence-corrected chi connectivity index (χ3v) is 3.68. The molecular weight excluding hydrogens is 252 g/mol. The van der Waals surface area contributed by atoms with E-state index < -0.39 is 5.60 Å². The van der Waals surface area contributed by atoms with Crippen molar-refractivity contribution in [1.29, 1.82) is 0 Å². The quantitative estimate of drug-likeness (QED) is 0.765. The predicted molar refractivity (Wildman–Crippen MR) is 71.6 cm³/mol. The van der Waals surface area contributed by atoms with Gasteiger partial charge in [0, 0.05) is 18.8 Å². The first-order valence-electron chi connectivity index (χ1n) is 5.96. The fraction of sp³-hybridized carbons (Fsp3) is 0.462. The molecule has 1 aliphatic heterocycles. The lowest BCUT2D eigenvalue weighted by molar-refractivity contribution is -0.00201.